The van der Waals surface area contributed by atoms with Crippen LogP contribution in [0.2, 0.25) is 0 Å². The summed E-state index contributed by atoms with van der Waals surface area (Å²) in [6, 6.07) is 9.22. The molecule has 1 heterocycles. The number of anilines is 2. The molecule has 0 bridgehead atoms. The summed E-state index contributed by atoms with van der Waals surface area (Å²) < 4.78 is 9.36. The van der Waals surface area contributed by atoms with Crippen LogP contribution in [0.3, 0.4) is 0 Å². The molecule has 0 saturated carbocycles. The Hall–Kier alpha value is -2.94. The van der Waals surface area contributed by atoms with Gasteiger partial charge in [-0.15, -0.1) is 0 Å². The molecule has 26 heavy (non-hydrogen) atoms. The van der Waals surface area contributed by atoms with E-state index >= 15 is 0 Å². The molecule has 0 aliphatic rings. The van der Waals surface area contributed by atoms with Crippen LogP contribution in [0, 0.1) is 0 Å². The number of benzene rings is 1. The van der Waals surface area contributed by atoms with Crippen LogP contribution in [0.5, 0.6) is 0 Å². The van der Waals surface area contributed by atoms with E-state index in [1.54, 1.807) is 6.92 Å². The van der Waals surface area contributed by atoms with Crippen LogP contribution in [0.1, 0.15) is 19.8 Å². The maximum atomic E-state index is 12.1. The lowest BCUT2D eigenvalue weighted by atomic mass is 10.1. The number of esters is 1. The van der Waals surface area contributed by atoms with Crippen LogP contribution in [-0.4, -0.2) is 36.7 Å². The molecule has 0 aliphatic carbocycles. The highest BCUT2D eigenvalue weighted by Crippen LogP contribution is 2.36. The summed E-state index contributed by atoms with van der Waals surface area (Å²) >= 11 is 1.10. The fourth-order valence-electron chi connectivity index (χ4n) is 2.03. The Bertz CT molecular complexity index is 776. The lowest BCUT2D eigenvalue weighted by molar-refractivity contribution is -0.144. The third kappa shape index (κ3) is 5.55. The van der Waals surface area contributed by atoms with Gasteiger partial charge in [-0.25, -0.2) is 9.78 Å². The first kappa shape index (κ1) is 19.4. The molecular weight excluding hydrogens is 358 g/mol. The van der Waals surface area contributed by atoms with Gasteiger partial charge in [-0.1, -0.05) is 41.7 Å². The number of hydrogen-bond donors (Lipinski definition) is 2. The van der Waals surface area contributed by atoms with Crippen molar-refractivity contribution < 1.29 is 23.9 Å². The second-order valence-corrected chi connectivity index (χ2v) is 6.03. The third-order valence-corrected chi connectivity index (χ3v) is 4.07. The van der Waals surface area contributed by atoms with Crippen LogP contribution in [0.4, 0.5) is 14.9 Å². The summed E-state index contributed by atoms with van der Waals surface area (Å²) in [5.41, 5.74) is 1.30. The number of carbonyl (C=O) groups excluding carboxylic acids is 3. The van der Waals surface area contributed by atoms with Gasteiger partial charge in [-0.3, -0.25) is 14.9 Å². The number of nitrogens with one attached hydrogen (secondary N) is 2. The second kappa shape index (κ2) is 9.52. The molecule has 2 aromatic rings. The van der Waals surface area contributed by atoms with Gasteiger partial charge in [0.2, 0.25) is 5.91 Å². The molecule has 0 radical (unpaired) electrons. The predicted octanol–water partition coefficient (Wildman–Crippen LogP) is 3.27. The SMILES string of the molecule is CCOC(=O)CCC(=O)Nc1sc(NC(=O)OC)nc1-c1ccccc1. The van der Waals surface area contributed by atoms with Gasteiger partial charge in [0.15, 0.2) is 5.13 Å². The summed E-state index contributed by atoms with van der Waals surface area (Å²) in [6.07, 6.45) is -0.671. The zero-order chi connectivity index (χ0) is 18.9. The molecule has 1 aromatic heterocycles. The first-order chi connectivity index (χ1) is 12.5. The number of methoxy groups -OCH3 is 1. The van der Waals surface area contributed by atoms with E-state index in [1.165, 1.54) is 7.11 Å². The summed E-state index contributed by atoms with van der Waals surface area (Å²) in [5, 5.41) is 5.98. The minimum Gasteiger partial charge on any atom is -0.466 e. The molecule has 0 spiro atoms. The van der Waals surface area contributed by atoms with Crippen LogP contribution >= 0.6 is 11.3 Å². The molecule has 0 fully saturated rings. The topological polar surface area (TPSA) is 107 Å². The molecule has 8 nitrogen and oxygen atoms in total. The van der Waals surface area contributed by atoms with Crippen molar-refractivity contribution >= 4 is 39.4 Å². The third-order valence-electron chi connectivity index (χ3n) is 3.18. The Morgan fingerprint density at radius 3 is 2.50 bits per heavy atom. The van der Waals surface area contributed by atoms with E-state index < -0.39 is 12.1 Å². The Kier molecular flexibility index (Phi) is 7.10. The predicted molar refractivity (Wildman–Crippen MR) is 98.1 cm³/mol. The summed E-state index contributed by atoms with van der Waals surface area (Å²) in [6.45, 7) is 1.98. The van der Waals surface area contributed by atoms with Crippen molar-refractivity contribution in [2.45, 2.75) is 19.8 Å². The van der Waals surface area contributed by atoms with Crippen LogP contribution < -0.4 is 10.6 Å². The number of amides is 2. The van der Waals surface area contributed by atoms with E-state index in [9.17, 15) is 14.4 Å². The maximum absolute atomic E-state index is 12.1. The number of hydrogen-bond acceptors (Lipinski definition) is 7. The molecule has 9 heteroatoms. The Labute approximate surface area is 154 Å². The van der Waals surface area contributed by atoms with Crippen molar-refractivity contribution in [2.24, 2.45) is 0 Å². The number of aromatic nitrogens is 1. The van der Waals surface area contributed by atoms with E-state index in [0.29, 0.717) is 10.7 Å². The Balaban J connectivity index is 2.15. The zero-order valence-electron chi connectivity index (χ0n) is 14.4. The van der Waals surface area contributed by atoms with Gasteiger partial charge in [-0.2, -0.15) is 0 Å². The fraction of sp³-hybridized carbons (Fsp3) is 0.294. The lowest BCUT2D eigenvalue weighted by Crippen LogP contribution is -2.14. The zero-order valence-corrected chi connectivity index (χ0v) is 15.2. The van der Waals surface area contributed by atoms with Crippen molar-refractivity contribution in [2.75, 3.05) is 24.4 Å². The van der Waals surface area contributed by atoms with Gasteiger partial charge < -0.3 is 14.8 Å². The Morgan fingerprint density at radius 2 is 1.85 bits per heavy atom. The molecule has 138 valence electrons. The Morgan fingerprint density at radius 1 is 1.12 bits per heavy atom. The summed E-state index contributed by atoms with van der Waals surface area (Å²) in [4.78, 5) is 39.3. The highest BCUT2D eigenvalue weighted by molar-refractivity contribution is 7.20. The first-order valence-corrected chi connectivity index (χ1v) is 8.71. The molecular formula is C17H19N3O5S. The molecule has 2 N–H and O–H groups in total. The van der Waals surface area contributed by atoms with E-state index in [2.05, 4.69) is 20.4 Å². The quantitative estimate of drug-likeness (QED) is 0.717. The van der Waals surface area contributed by atoms with Gasteiger partial charge in [0.25, 0.3) is 0 Å². The number of carbonyl (C=O) groups is 3. The molecule has 0 saturated heterocycles. The van der Waals surface area contributed by atoms with Crippen molar-refractivity contribution in [3.8, 4) is 11.3 Å². The maximum Gasteiger partial charge on any atom is 0.413 e. The van der Waals surface area contributed by atoms with Crippen LogP contribution in [0.25, 0.3) is 11.3 Å². The van der Waals surface area contributed by atoms with Gasteiger partial charge in [0.05, 0.1) is 20.1 Å². The highest BCUT2D eigenvalue weighted by atomic mass is 32.1. The van der Waals surface area contributed by atoms with Crippen molar-refractivity contribution in [3.05, 3.63) is 30.3 Å². The molecule has 0 aliphatic heterocycles. The van der Waals surface area contributed by atoms with Crippen molar-refractivity contribution in [1.82, 2.24) is 4.98 Å². The van der Waals surface area contributed by atoms with E-state index in [0.717, 1.165) is 16.9 Å². The molecule has 2 amide bonds. The van der Waals surface area contributed by atoms with Gasteiger partial charge in [0, 0.05) is 12.0 Å². The van der Waals surface area contributed by atoms with Crippen molar-refractivity contribution in [3.63, 3.8) is 0 Å². The van der Waals surface area contributed by atoms with Crippen LogP contribution in [0.15, 0.2) is 30.3 Å². The first-order valence-electron chi connectivity index (χ1n) is 7.90. The smallest absolute Gasteiger partial charge is 0.413 e. The van der Waals surface area contributed by atoms with Crippen molar-refractivity contribution in [1.29, 1.82) is 0 Å². The standard InChI is InChI=1S/C17H19N3O5S/c1-3-25-13(22)10-9-12(21)18-15-14(11-7-5-4-6-8-11)19-16(26-15)20-17(23)24-2/h4-8H,3,9-10H2,1-2H3,(H,18,21)(H,19,20,23). The van der Waals surface area contributed by atoms with Gasteiger partial charge in [-0.05, 0) is 6.92 Å². The minimum absolute atomic E-state index is 0.00752. The summed E-state index contributed by atoms with van der Waals surface area (Å²) in [7, 11) is 1.25. The largest absolute Gasteiger partial charge is 0.466 e. The number of thiazole rings is 1. The molecule has 0 atom stereocenters. The minimum atomic E-state index is -0.654. The van der Waals surface area contributed by atoms with Crippen LogP contribution in [-0.2, 0) is 19.1 Å². The average molecular weight is 377 g/mol. The highest BCUT2D eigenvalue weighted by Gasteiger charge is 2.17. The molecule has 0 unspecified atom stereocenters. The van der Waals surface area contributed by atoms with E-state index in [-0.39, 0.29) is 30.5 Å². The average Bonchev–Trinajstić information content (AvgIpc) is 3.03. The normalized spacial score (nSPS) is 10.1. The monoisotopic (exact) mass is 377 g/mol. The van der Waals surface area contributed by atoms with E-state index in [1.807, 2.05) is 30.3 Å². The number of rotatable bonds is 7. The second-order valence-electron chi connectivity index (χ2n) is 5.03. The number of ether oxygens (including phenoxy) is 2. The molecule has 2 rings (SSSR count). The van der Waals surface area contributed by atoms with Gasteiger partial charge in [0.1, 0.15) is 10.7 Å². The fourth-order valence-corrected chi connectivity index (χ4v) is 2.92. The summed E-state index contributed by atoms with van der Waals surface area (Å²) in [5.74, 6) is -0.771. The molecule has 1 aromatic carbocycles. The van der Waals surface area contributed by atoms with E-state index in [4.69, 9.17) is 4.74 Å². The van der Waals surface area contributed by atoms with Gasteiger partial charge >= 0.3 is 12.1 Å². The lowest BCUT2D eigenvalue weighted by Gasteiger charge is -2.05. The number of nitrogens with zero attached hydrogens (tertiary/aromatic N) is 1.